The predicted octanol–water partition coefficient (Wildman–Crippen LogP) is 9.84. The minimum absolute atomic E-state index is 0.396. The van der Waals surface area contributed by atoms with Gasteiger partial charge in [-0.3, -0.25) is 0 Å². The van der Waals surface area contributed by atoms with Crippen molar-refractivity contribution in [3.63, 3.8) is 0 Å². The van der Waals surface area contributed by atoms with Crippen molar-refractivity contribution in [2.24, 2.45) is 0 Å². The summed E-state index contributed by atoms with van der Waals surface area (Å²) in [6, 6.07) is 11.0. The number of nitrogens with zero attached hydrogens (tertiary/aromatic N) is 2. The van der Waals surface area contributed by atoms with Crippen molar-refractivity contribution in [1.29, 1.82) is 0 Å². The Kier molecular flexibility index (Phi) is 15.9. The van der Waals surface area contributed by atoms with Crippen LogP contribution in [-0.4, -0.2) is 22.9 Å². The van der Waals surface area contributed by atoms with Gasteiger partial charge in [0.1, 0.15) is 6.17 Å². The highest BCUT2D eigenvalue weighted by atomic mass is 15.4. The topological polar surface area (TPSA) is 6.48 Å². The molecule has 0 saturated heterocycles. The Labute approximate surface area is 206 Å². The first-order valence-electron chi connectivity index (χ1n) is 14.6. The molecule has 1 aromatic carbocycles. The second kappa shape index (κ2) is 18.9. The molecule has 33 heavy (non-hydrogen) atoms. The fourth-order valence-corrected chi connectivity index (χ4v) is 5.20. The van der Waals surface area contributed by atoms with Crippen molar-refractivity contribution in [3.8, 4) is 0 Å². The van der Waals surface area contributed by atoms with Crippen LogP contribution in [0.25, 0.3) is 0 Å². The summed E-state index contributed by atoms with van der Waals surface area (Å²) >= 11 is 0. The average Bonchev–Trinajstić information content (AvgIpc) is 3.24. The molecule has 0 N–H and O–H groups in total. The van der Waals surface area contributed by atoms with Crippen LogP contribution < -0.4 is 0 Å². The van der Waals surface area contributed by atoms with Gasteiger partial charge >= 0.3 is 0 Å². The molecule has 0 saturated carbocycles. The van der Waals surface area contributed by atoms with Gasteiger partial charge in [-0.15, -0.1) is 0 Å². The van der Waals surface area contributed by atoms with E-state index in [1.54, 1.807) is 0 Å². The van der Waals surface area contributed by atoms with E-state index in [9.17, 15) is 0 Å². The van der Waals surface area contributed by atoms with Crippen molar-refractivity contribution in [1.82, 2.24) is 9.80 Å². The lowest BCUT2D eigenvalue weighted by atomic mass is 10.0. The summed E-state index contributed by atoms with van der Waals surface area (Å²) in [5.41, 5.74) is 1.42. The van der Waals surface area contributed by atoms with Crippen LogP contribution in [0.15, 0.2) is 42.7 Å². The molecule has 0 amide bonds. The largest absolute Gasteiger partial charge is 0.352 e. The zero-order chi connectivity index (χ0) is 23.4. The Bertz CT molecular complexity index is 582. The monoisotopic (exact) mass is 454 g/mol. The lowest BCUT2D eigenvalue weighted by molar-refractivity contribution is 0.152. The van der Waals surface area contributed by atoms with E-state index in [0.717, 1.165) is 6.54 Å². The molecular weight excluding hydrogens is 400 g/mol. The van der Waals surface area contributed by atoms with Crippen LogP contribution in [0.4, 0.5) is 0 Å². The highest BCUT2D eigenvalue weighted by Gasteiger charge is 2.26. The fraction of sp³-hybridized carbons (Fsp3) is 0.742. The van der Waals surface area contributed by atoms with Gasteiger partial charge in [0, 0.05) is 25.5 Å². The lowest BCUT2D eigenvalue weighted by Gasteiger charge is -2.33. The Hall–Kier alpha value is -1.44. The zero-order valence-electron chi connectivity index (χ0n) is 22.2. The van der Waals surface area contributed by atoms with E-state index < -0.39 is 0 Å². The van der Waals surface area contributed by atoms with Gasteiger partial charge in [-0.2, -0.15) is 0 Å². The molecular formula is C31H54N2. The molecule has 1 aliphatic heterocycles. The summed E-state index contributed by atoms with van der Waals surface area (Å²) in [7, 11) is 0. The Morgan fingerprint density at radius 1 is 0.485 bits per heavy atom. The first kappa shape index (κ1) is 27.8. The number of hydrogen-bond acceptors (Lipinski definition) is 2. The summed E-state index contributed by atoms with van der Waals surface area (Å²) in [4.78, 5) is 5.05. The van der Waals surface area contributed by atoms with E-state index in [0.29, 0.717) is 6.17 Å². The molecule has 0 radical (unpaired) electrons. The summed E-state index contributed by atoms with van der Waals surface area (Å²) < 4.78 is 0. The fourth-order valence-electron chi connectivity index (χ4n) is 5.20. The molecule has 0 spiro atoms. The van der Waals surface area contributed by atoms with E-state index in [-0.39, 0.29) is 0 Å². The maximum atomic E-state index is 2.55. The SMILES string of the molecule is CCCCCCCCCCCCCCCCCCCN1C=CN(CCC)C1c1ccccc1. The van der Waals surface area contributed by atoms with Crippen molar-refractivity contribution in [3.05, 3.63) is 48.3 Å². The van der Waals surface area contributed by atoms with Gasteiger partial charge in [0.05, 0.1) is 0 Å². The van der Waals surface area contributed by atoms with E-state index in [1.165, 1.54) is 128 Å². The minimum Gasteiger partial charge on any atom is -0.352 e. The van der Waals surface area contributed by atoms with Crippen LogP contribution >= 0.6 is 0 Å². The van der Waals surface area contributed by atoms with E-state index >= 15 is 0 Å². The smallest absolute Gasteiger partial charge is 0.127 e. The normalized spacial score (nSPS) is 15.6. The molecule has 1 unspecified atom stereocenters. The van der Waals surface area contributed by atoms with E-state index in [2.05, 4.69) is 66.4 Å². The lowest BCUT2D eigenvalue weighted by Crippen LogP contribution is -2.31. The second-order valence-corrected chi connectivity index (χ2v) is 10.2. The number of rotatable bonds is 21. The molecule has 1 aliphatic rings. The van der Waals surface area contributed by atoms with Crippen molar-refractivity contribution in [2.45, 2.75) is 136 Å². The zero-order valence-corrected chi connectivity index (χ0v) is 22.2. The average molecular weight is 455 g/mol. The molecule has 2 rings (SSSR count). The Morgan fingerprint density at radius 3 is 1.36 bits per heavy atom. The molecule has 0 aromatic heterocycles. The minimum atomic E-state index is 0.396. The number of unbranched alkanes of at least 4 members (excludes halogenated alkanes) is 16. The molecule has 2 heteroatoms. The molecule has 0 bridgehead atoms. The summed E-state index contributed by atoms with van der Waals surface area (Å²) in [6.45, 7) is 6.88. The Balaban J connectivity index is 1.42. The van der Waals surface area contributed by atoms with Gasteiger partial charge in [-0.05, 0) is 18.4 Å². The maximum absolute atomic E-state index is 2.55. The highest BCUT2D eigenvalue weighted by molar-refractivity contribution is 5.21. The maximum Gasteiger partial charge on any atom is 0.127 e. The third-order valence-electron chi connectivity index (χ3n) is 7.18. The molecule has 1 heterocycles. The van der Waals surface area contributed by atoms with Gasteiger partial charge in [-0.25, -0.2) is 0 Å². The predicted molar refractivity (Wildman–Crippen MR) is 146 cm³/mol. The quantitative estimate of drug-likeness (QED) is 0.170. The molecule has 0 fully saturated rings. The first-order valence-corrected chi connectivity index (χ1v) is 14.6. The van der Waals surface area contributed by atoms with Crippen LogP contribution in [-0.2, 0) is 0 Å². The van der Waals surface area contributed by atoms with Crippen molar-refractivity contribution < 1.29 is 0 Å². The summed E-state index contributed by atoms with van der Waals surface area (Å²) in [5.74, 6) is 0. The van der Waals surface area contributed by atoms with Crippen LogP contribution in [0.1, 0.15) is 141 Å². The van der Waals surface area contributed by atoms with Crippen LogP contribution in [0.5, 0.6) is 0 Å². The van der Waals surface area contributed by atoms with Crippen LogP contribution in [0.2, 0.25) is 0 Å². The molecule has 2 nitrogen and oxygen atoms in total. The third-order valence-corrected chi connectivity index (χ3v) is 7.18. The van der Waals surface area contributed by atoms with Gasteiger partial charge in [-0.1, -0.05) is 147 Å². The Morgan fingerprint density at radius 2 is 0.909 bits per heavy atom. The summed E-state index contributed by atoms with van der Waals surface area (Å²) in [6.07, 6.45) is 30.6. The van der Waals surface area contributed by atoms with Crippen LogP contribution in [0.3, 0.4) is 0 Å². The number of hydrogen-bond donors (Lipinski definition) is 0. The second-order valence-electron chi connectivity index (χ2n) is 10.2. The van der Waals surface area contributed by atoms with Gasteiger partial charge in [0.2, 0.25) is 0 Å². The standard InChI is InChI=1S/C31H54N2/c1-3-5-6-7-8-9-10-11-12-13-14-15-16-17-18-19-23-27-33-29-28-32(26-4-2)31(33)30-24-21-20-22-25-30/h20-22,24-25,28-29,31H,3-19,23,26-27H2,1-2H3. The highest BCUT2D eigenvalue weighted by Crippen LogP contribution is 2.31. The third kappa shape index (κ3) is 12.0. The first-order chi connectivity index (χ1) is 16.4. The van der Waals surface area contributed by atoms with E-state index in [1.807, 2.05) is 0 Å². The molecule has 1 atom stereocenters. The molecule has 0 aliphatic carbocycles. The van der Waals surface area contributed by atoms with Crippen molar-refractivity contribution >= 4 is 0 Å². The van der Waals surface area contributed by atoms with Gasteiger partial charge < -0.3 is 9.80 Å². The van der Waals surface area contributed by atoms with E-state index in [4.69, 9.17) is 0 Å². The van der Waals surface area contributed by atoms with Crippen LogP contribution in [0, 0.1) is 0 Å². The van der Waals surface area contributed by atoms with Gasteiger partial charge in [0.25, 0.3) is 0 Å². The van der Waals surface area contributed by atoms with Gasteiger partial charge in [0.15, 0.2) is 0 Å². The molecule has 1 aromatic rings. The number of benzene rings is 1. The summed E-state index contributed by atoms with van der Waals surface area (Å²) in [5, 5.41) is 0. The molecule has 188 valence electrons. The van der Waals surface area contributed by atoms with Crippen molar-refractivity contribution in [2.75, 3.05) is 13.1 Å².